The maximum absolute atomic E-state index is 13.7. The summed E-state index contributed by atoms with van der Waals surface area (Å²) in [7, 11) is 0. The predicted octanol–water partition coefficient (Wildman–Crippen LogP) is 11.6. The summed E-state index contributed by atoms with van der Waals surface area (Å²) in [6.45, 7) is 12.4. The molecule has 0 saturated carbocycles. The molecule has 230 valence electrons. The summed E-state index contributed by atoms with van der Waals surface area (Å²) in [5.41, 5.74) is 7.25. The molecule has 4 nitrogen and oxygen atoms in total. The first-order valence-corrected chi connectivity index (χ1v) is 15.4. The minimum atomic E-state index is -4.61. The summed E-state index contributed by atoms with van der Waals surface area (Å²) >= 11 is 0. The fourth-order valence-corrected chi connectivity index (χ4v) is 6.97. The molecule has 0 atom stereocenters. The van der Waals surface area contributed by atoms with Gasteiger partial charge >= 0.3 is 6.18 Å². The highest BCUT2D eigenvalue weighted by molar-refractivity contribution is 6.12. The number of nitriles is 1. The van der Waals surface area contributed by atoms with Crippen molar-refractivity contribution in [3.63, 3.8) is 0 Å². The average Bonchev–Trinajstić information content (AvgIpc) is 3.59. The van der Waals surface area contributed by atoms with E-state index in [9.17, 15) is 18.4 Å². The summed E-state index contributed by atoms with van der Waals surface area (Å²) in [6, 6.07) is 37.5. The lowest BCUT2D eigenvalue weighted by molar-refractivity contribution is -0.137. The second-order valence-corrected chi connectivity index (χ2v) is 12.1. The molecule has 0 unspecified atom stereocenters. The number of hydrogen-bond donors (Lipinski definition) is 0. The molecule has 8 rings (SSSR count). The van der Waals surface area contributed by atoms with E-state index in [0.29, 0.717) is 5.56 Å². The van der Waals surface area contributed by atoms with Gasteiger partial charge in [-0.05, 0) is 85.6 Å². The highest BCUT2D eigenvalue weighted by atomic mass is 19.4. The molecule has 2 heterocycles. The van der Waals surface area contributed by atoms with Crippen molar-refractivity contribution < 1.29 is 13.2 Å². The minimum absolute atomic E-state index is 0.154. The zero-order valence-corrected chi connectivity index (χ0v) is 25.9. The molecule has 8 aromatic rings. The lowest BCUT2D eigenvalue weighted by atomic mass is 9.95. The summed E-state index contributed by atoms with van der Waals surface area (Å²) in [5, 5.41) is 14.3. The first-order chi connectivity index (χ1) is 23.2. The first kappa shape index (κ1) is 29.1. The van der Waals surface area contributed by atoms with Gasteiger partial charge in [-0.25, -0.2) is 4.85 Å². The molecule has 7 heteroatoms. The van der Waals surface area contributed by atoms with Gasteiger partial charge < -0.3 is 9.13 Å². The van der Waals surface area contributed by atoms with Crippen molar-refractivity contribution in [2.24, 2.45) is 0 Å². The third-order valence-electron chi connectivity index (χ3n) is 9.11. The van der Waals surface area contributed by atoms with Crippen LogP contribution >= 0.6 is 0 Å². The molecule has 0 N–H and O–H groups in total. The number of aryl methyl sites for hydroxylation is 2. The quantitative estimate of drug-likeness (QED) is 0.179. The molecule has 0 aliphatic rings. The predicted molar refractivity (Wildman–Crippen MR) is 186 cm³/mol. The van der Waals surface area contributed by atoms with Crippen LogP contribution in [0.3, 0.4) is 0 Å². The van der Waals surface area contributed by atoms with Crippen LogP contribution in [0.25, 0.3) is 71.0 Å². The van der Waals surface area contributed by atoms with Crippen LogP contribution in [0.15, 0.2) is 115 Å². The topological polar surface area (TPSA) is 38.0 Å². The standard InChI is InChI=1S/C41H25F3N4/c1-24-12-16-37-32(18-24)29-8-4-6-10-35(29)47(37)39-21-31(28-15-14-27(41(42,43)44)20-26(28)23-45)34(46-3)22-40(39)48-36-11-7-5-9-30(36)33-19-25(2)13-17-38(33)48/h4-22H,1-2H3. The summed E-state index contributed by atoms with van der Waals surface area (Å²) in [4.78, 5) is 3.89. The Morgan fingerprint density at radius 3 is 1.65 bits per heavy atom. The van der Waals surface area contributed by atoms with Crippen molar-refractivity contribution >= 4 is 49.3 Å². The van der Waals surface area contributed by atoms with Crippen molar-refractivity contribution in [3.05, 3.63) is 149 Å². The van der Waals surface area contributed by atoms with Crippen molar-refractivity contribution in [1.29, 1.82) is 5.26 Å². The highest BCUT2D eigenvalue weighted by Gasteiger charge is 2.31. The molecule has 0 amide bonds. The first-order valence-electron chi connectivity index (χ1n) is 15.4. The Balaban J connectivity index is 1.56. The van der Waals surface area contributed by atoms with E-state index in [0.717, 1.165) is 78.2 Å². The maximum Gasteiger partial charge on any atom is 0.416 e. The van der Waals surface area contributed by atoms with E-state index >= 15 is 0 Å². The maximum atomic E-state index is 13.7. The number of rotatable bonds is 3. The van der Waals surface area contributed by atoms with E-state index in [2.05, 4.69) is 75.5 Å². The molecule has 6 aromatic carbocycles. The van der Waals surface area contributed by atoms with Gasteiger partial charge in [-0.2, -0.15) is 18.4 Å². The van der Waals surface area contributed by atoms with Crippen LogP contribution in [-0.4, -0.2) is 9.13 Å². The Morgan fingerprint density at radius 1 is 0.604 bits per heavy atom. The van der Waals surface area contributed by atoms with Crippen LogP contribution in [-0.2, 0) is 6.18 Å². The van der Waals surface area contributed by atoms with Gasteiger partial charge in [0.15, 0.2) is 5.69 Å². The number of halogens is 3. The Morgan fingerprint density at radius 2 is 1.12 bits per heavy atom. The van der Waals surface area contributed by atoms with Crippen molar-refractivity contribution in [1.82, 2.24) is 9.13 Å². The molecule has 0 radical (unpaired) electrons. The Labute approximate surface area is 273 Å². The van der Waals surface area contributed by atoms with Crippen LogP contribution in [0.2, 0.25) is 0 Å². The number of benzene rings is 6. The molecular weight excluding hydrogens is 605 g/mol. The summed E-state index contributed by atoms with van der Waals surface area (Å²) in [6.07, 6.45) is -4.61. The van der Waals surface area contributed by atoms with Gasteiger partial charge in [0.1, 0.15) is 0 Å². The second kappa shape index (κ2) is 10.6. The van der Waals surface area contributed by atoms with Crippen LogP contribution < -0.4 is 0 Å². The van der Waals surface area contributed by atoms with Crippen LogP contribution in [0.1, 0.15) is 22.3 Å². The van der Waals surface area contributed by atoms with Crippen molar-refractivity contribution in [3.8, 4) is 28.6 Å². The molecule has 0 aliphatic heterocycles. The molecule has 0 fully saturated rings. The van der Waals surface area contributed by atoms with Gasteiger partial charge in [0.2, 0.25) is 0 Å². The zero-order valence-electron chi connectivity index (χ0n) is 25.9. The Kier molecular flexibility index (Phi) is 6.44. The van der Waals surface area contributed by atoms with Gasteiger partial charge in [-0.15, -0.1) is 0 Å². The number of aromatic nitrogens is 2. The van der Waals surface area contributed by atoms with Crippen LogP contribution in [0.5, 0.6) is 0 Å². The lowest BCUT2D eigenvalue weighted by Crippen LogP contribution is -2.06. The Hall–Kier alpha value is -6.31. The van der Waals surface area contributed by atoms with E-state index in [1.54, 1.807) is 6.07 Å². The number of nitrogens with zero attached hydrogens (tertiary/aromatic N) is 4. The van der Waals surface area contributed by atoms with Crippen molar-refractivity contribution in [2.45, 2.75) is 20.0 Å². The van der Waals surface area contributed by atoms with Gasteiger partial charge in [-0.3, -0.25) is 0 Å². The normalized spacial score (nSPS) is 11.8. The third kappa shape index (κ3) is 4.36. The molecule has 0 saturated heterocycles. The van der Waals surface area contributed by atoms with Gasteiger partial charge in [0.05, 0.1) is 57.2 Å². The van der Waals surface area contributed by atoms with Crippen LogP contribution in [0.4, 0.5) is 18.9 Å². The highest BCUT2D eigenvalue weighted by Crippen LogP contribution is 2.44. The van der Waals surface area contributed by atoms with Crippen LogP contribution in [0, 0.1) is 31.8 Å². The van der Waals surface area contributed by atoms with Gasteiger partial charge in [-0.1, -0.05) is 65.7 Å². The van der Waals surface area contributed by atoms with E-state index in [1.165, 1.54) is 6.07 Å². The molecular formula is C41H25F3N4. The number of hydrogen-bond acceptors (Lipinski definition) is 1. The molecule has 2 aromatic heterocycles. The lowest BCUT2D eigenvalue weighted by Gasteiger charge is -2.20. The SMILES string of the molecule is [C-]#[N+]c1cc(-n2c3ccccc3c3cc(C)ccc32)c(-n2c3ccccc3c3cc(C)ccc32)cc1-c1ccc(C(F)(F)F)cc1C#N. The zero-order chi connectivity index (χ0) is 33.3. The van der Waals surface area contributed by atoms with Gasteiger partial charge in [0, 0.05) is 21.5 Å². The second-order valence-electron chi connectivity index (χ2n) is 12.1. The molecule has 0 spiro atoms. The molecule has 0 aliphatic carbocycles. The average molecular weight is 631 g/mol. The van der Waals surface area contributed by atoms with E-state index in [1.807, 2.05) is 49.4 Å². The van der Waals surface area contributed by atoms with E-state index in [4.69, 9.17) is 6.57 Å². The summed E-state index contributed by atoms with van der Waals surface area (Å²) < 4.78 is 45.4. The fourth-order valence-electron chi connectivity index (χ4n) is 6.97. The van der Waals surface area contributed by atoms with E-state index in [-0.39, 0.29) is 16.8 Å². The molecule has 48 heavy (non-hydrogen) atoms. The fraction of sp³-hybridized carbons (Fsp3) is 0.0732. The van der Waals surface area contributed by atoms with Gasteiger partial charge in [0.25, 0.3) is 0 Å². The minimum Gasteiger partial charge on any atom is -0.308 e. The smallest absolute Gasteiger partial charge is 0.308 e. The summed E-state index contributed by atoms with van der Waals surface area (Å²) in [5.74, 6) is 0. The number of para-hydroxylation sites is 2. The van der Waals surface area contributed by atoms with Crippen molar-refractivity contribution in [2.75, 3.05) is 0 Å². The third-order valence-corrected chi connectivity index (χ3v) is 9.11. The molecule has 0 bridgehead atoms. The monoisotopic (exact) mass is 630 g/mol. The van der Waals surface area contributed by atoms with E-state index < -0.39 is 11.7 Å². The number of fused-ring (bicyclic) bond motifs is 6. The number of alkyl halides is 3. The largest absolute Gasteiger partial charge is 0.416 e. The Bertz CT molecular complexity index is 2710.